The summed E-state index contributed by atoms with van der Waals surface area (Å²) in [7, 11) is 0. The molecule has 4 nitrogen and oxygen atoms in total. The molecule has 1 aliphatic rings. The lowest BCUT2D eigenvalue weighted by atomic mass is 10.00. The smallest absolute Gasteiger partial charge is 0.185 e. The van der Waals surface area contributed by atoms with Crippen LogP contribution < -0.4 is 10.6 Å². The summed E-state index contributed by atoms with van der Waals surface area (Å²) in [5.41, 5.74) is 6.61. The van der Waals surface area contributed by atoms with Crippen molar-refractivity contribution in [2.45, 2.75) is 19.8 Å². The second kappa shape index (κ2) is 4.85. The molecule has 0 unspecified atom stereocenters. The first-order valence-electron chi connectivity index (χ1n) is 6.14. The summed E-state index contributed by atoms with van der Waals surface area (Å²) in [5, 5.41) is 3.72. The molecular weight excluding hydrogens is 264 g/mol. The lowest BCUT2D eigenvalue weighted by Gasteiger charge is -2.29. The van der Waals surface area contributed by atoms with Gasteiger partial charge in [0.05, 0.1) is 10.6 Å². The summed E-state index contributed by atoms with van der Waals surface area (Å²) >= 11 is 3.19. The standard InChI is InChI=1S/C12H16N4S2/c1-8-2-4-16(5-3-8)12-14-6-10(18-12)9-7-17-11(13)15-9/h6-8H,2-5H2,1H3,(H2,13,15). The summed E-state index contributed by atoms with van der Waals surface area (Å²) in [6.07, 6.45) is 4.43. The Hall–Kier alpha value is -1.14. The third kappa shape index (κ3) is 2.35. The number of piperidine rings is 1. The normalized spacial score (nSPS) is 17.3. The van der Waals surface area contributed by atoms with E-state index in [1.54, 1.807) is 11.3 Å². The van der Waals surface area contributed by atoms with Gasteiger partial charge in [-0.3, -0.25) is 0 Å². The van der Waals surface area contributed by atoms with Crippen molar-refractivity contribution in [3.8, 4) is 10.6 Å². The van der Waals surface area contributed by atoms with E-state index in [9.17, 15) is 0 Å². The quantitative estimate of drug-likeness (QED) is 0.918. The van der Waals surface area contributed by atoms with Crippen LogP contribution in [0.25, 0.3) is 10.6 Å². The van der Waals surface area contributed by atoms with Gasteiger partial charge >= 0.3 is 0 Å². The minimum Gasteiger partial charge on any atom is -0.375 e. The lowest BCUT2D eigenvalue weighted by Crippen LogP contribution is -2.32. The van der Waals surface area contributed by atoms with Crippen molar-refractivity contribution in [1.82, 2.24) is 9.97 Å². The van der Waals surface area contributed by atoms with Gasteiger partial charge in [-0.05, 0) is 18.8 Å². The molecule has 0 atom stereocenters. The Bertz CT molecular complexity index is 526. The second-order valence-electron chi connectivity index (χ2n) is 4.75. The van der Waals surface area contributed by atoms with E-state index in [0.29, 0.717) is 5.13 Å². The predicted octanol–water partition coefficient (Wildman–Crippen LogP) is 3.09. The Morgan fingerprint density at radius 2 is 2.17 bits per heavy atom. The highest BCUT2D eigenvalue weighted by molar-refractivity contribution is 7.19. The monoisotopic (exact) mass is 280 g/mol. The third-order valence-electron chi connectivity index (χ3n) is 3.32. The molecule has 18 heavy (non-hydrogen) atoms. The zero-order valence-corrected chi connectivity index (χ0v) is 11.9. The van der Waals surface area contributed by atoms with Crippen LogP contribution >= 0.6 is 22.7 Å². The largest absolute Gasteiger partial charge is 0.375 e. The molecule has 0 bridgehead atoms. The van der Waals surface area contributed by atoms with Crippen LogP contribution in [0.1, 0.15) is 19.8 Å². The number of nitrogens with zero attached hydrogens (tertiary/aromatic N) is 3. The average Bonchev–Trinajstić information content (AvgIpc) is 2.98. The first-order chi connectivity index (χ1) is 8.72. The van der Waals surface area contributed by atoms with Crippen molar-refractivity contribution in [3.05, 3.63) is 11.6 Å². The van der Waals surface area contributed by atoms with Gasteiger partial charge in [-0.2, -0.15) is 0 Å². The van der Waals surface area contributed by atoms with Gasteiger partial charge in [-0.25, -0.2) is 9.97 Å². The van der Waals surface area contributed by atoms with Gasteiger partial charge in [0.1, 0.15) is 0 Å². The molecule has 0 amide bonds. The summed E-state index contributed by atoms with van der Waals surface area (Å²) in [5.74, 6) is 0.846. The summed E-state index contributed by atoms with van der Waals surface area (Å²) in [6, 6.07) is 0. The zero-order valence-electron chi connectivity index (χ0n) is 10.3. The Morgan fingerprint density at radius 3 is 2.83 bits per heavy atom. The molecule has 1 aliphatic heterocycles. The number of anilines is 2. The van der Waals surface area contributed by atoms with E-state index in [4.69, 9.17) is 5.73 Å². The molecule has 0 aromatic carbocycles. The Labute approximate surface area is 114 Å². The molecule has 0 radical (unpaired) electrons. The van der Waals surface area contributed by atoms with Crippen LogP contribution in [0.4, 0.5) is 10.3 Å². The van der Waals surface area contributed by atoms with E-state index in [-0.39, 0.29) is 0 Å². The molecule has 3 heterocycles. The molecule has 2 aromatic rings. The molecule has 96 valence electrons. The van der Waals surface area contributed by atoms with Gasteiger partial charge in [-0.1, -0.05) is 18.3 Å². The highest BCUT2D eigenvalue weighted by atomic mass is 32.1. The van der Waals surface area contributed by atoms with E-state index in [0.717, 1.165) is 34.7 Å². The zero-order chi connectivity index (χ0) is 12.5. The Morgan fingerprint density at radius 1 is 1.39 bits per heavy atom. The van der Waals surface area contributed by atoms with Gasteiger partial charge in [0.25, 0.3) is 0 Å². The van der Waals surface area contributed by atoms with Crippen molar-refractivity contribution in [3.63, 3.8) is 0 Å². The molecule has 0 aliphatic carbocycles. The lowest BCUT2D eigenvalue weighted by molar-refractivity contribution is 0.438. The van der Waals surface area contributed by atoms with E-state index in [1.807, 2.05) is 11.6 Å². The van der Waals surface area contributed by atoms with Crippen molar-refractivity contribution >= 4 is 32.9 Å². The first-order valence-corrected chi connectivity index (χ1v) is 7.84. The minimum absolute atomic E-state index is 0.617. The van der Waals surface area contributed by atoms with Crippen LogP contribution in [-0.2, 0) is 0 Å². The van der Waals surface area contributed by atoms with Gasteiger partial charge < -0.3 is 10.6 Å². The van der Waals surface area contributed by atoms with Crippen molar-refractivity contribution in [2.75, 3.05) is 23.7 Å². The van der Waals surface area contributed by atoms with Crippen LogP contribution in [0, 0.1) is 5.92 Å². The van der Waals surface area contributed by atoms with Gasteiger partial charge in [0, 0.05) is 24.7 Å². The predicted molar refractivity (Wildman–Crippen MR) is 78.2 cm³/mol. The van der Waals surface area contributed by atoms with Gasteiger partial charge in [0.2, 0.25) is 0 Å². The topological polar surface area (TPSA) is 55.0 Å². The van der Waals surface area contributed by atoms with Crippen LogP contribution in [-0.4, -0.2) is 23.1 Å². The van der Waals surface area contributed by atoms with Crippen LogP contribution in [0.2, 0.25) is 0 Å². The summed E-state index contributed by atoms with van der Waals surface area (Å²) in [6.45, 7) is 4.56. The molecule has 6 heteroatoms. The fourth-order valence-corrected chi connectivity index (χ4v) is 3.70. The highest BCUT2D eigenvalue weighted by Crippen LogP contribution is 2.33. The molecule has 1 fully saturated rings. The van der Waals surface area contributed by atoms with E-state index < -0.39 is 0 Å². The number of aromatic nitrogens is 2. The second-order valence-corrected chi connectivity index (χ2v) is 6.65. The molecule has 0 spiro atoms. The number of hydrogen-bond donors (Lipinski definition) is 1. The number of nitrogen functional groups attached to an aromatic ring is 1. The molecule has 2 N–H and O–H groups in total. The first kappa shape index (κ1) is 11.9. The number of rotatable bonds is 2. The van der Waals surface area contributed by atoms with E-state index in [2.05, 4.69) is 21.8 Å². The molecular formula is C12H16N4S2. The SMILES string of the molecule is CC1CCN(c2ncc(-c3csc(N)n3)s2)CC1. The maximum atomic E-state index is 5.66. The van der Waals surface area contributed by atoms with Crippen LogP contribution in [0.5, 0.6) is 0 Å². The average molecular weight is 280 g/mol. The van der Waals surface area contributed by atoms with Crippen LogP contribution in [0.15, 0.2) is 11.6 Å². The fraction of sp³-hybridized carbons (Fsp3) is 0.500. The summed E-state index contributed by atoms with van der Waals surface area (Å²) in [4.78, 5) is 12.3. The van der Waals surface area contributed by atoms with Crippen LogP contribution in [0.3, 0.4) is 0 Å². The molecule has 1 saturated heterocycles. The molecule has 0 saturated carbocycles. The van der Waals surface area contributed by atoms with E-state index >= 15 is 0 Å². The molecule has 3 rings (SSSR count). The number of hydrogen-bond acceptors (Lipinski definition) is 6. The van der Waals surface area contributed by atoms with Gasteiger partial charge in [-0.15, -0.1) is 11.3 Å². The Kier molecular flexibility index (Phi) is 3.22. The van der Waals surface area contributed by atoms with Crippen molar-refractivity contribution < 1.29 is 0 Å². The van der Waals surface area contributed by atoms with E-state index in [1.165, 1.54) is 24.2 Å². The van der Waals surface area contributed by atoms with Gasteiger partial charge in [0.15, 0.2) is 10.3 Å². The maximum Gasteiger partial charge on any atom is 0.185 e. The fourth-order valence-electron chi connectivity index (χ4n) is 2.13. The molecule has 2 aromatic heterocycles. The highest BCUT2D eigenvalue weighted by Gasteiger charge is 2.19. The maximum absolute atomic E-state index is 5.66. The minimum atomic E-state index is 0.617. The number of thiazole rings is 2. The van der Waals surface area contributed by atoms with Crippen molar-refractivity contribution in [2.24, 2.45) is 5.92 Å². The number of nitrogens with two attached hydrogens (primary N) is 1. The third-order valence-corrected chi connectivity index (χ3v) is 5.08. The van der Waals surface area contributed by atoms with Crippen molar-refractivity contribution in [1.29, 1.82) is 0 Å². The Balaban J connectivity index is 1.77. The summed E-state index contributed by atoms with van der Waals surface area (Å²) < 4.78 is 0.